The van der Waals surface area contributed by atoms with Crippen LogP contribution in [0, 0.1) is 0 Å². The lowest BCUT2D eigenvalue weighted by atomic mass is 10.2. The van der Waals surface area contributed by atoms with E-state index in [2.05, 4.69) is 16.9 Å². The zero-order chi connectivity index (χ0) is 12.4. The van der Waals surface area contributed by atoms with Gasteiger partial charge in [-0.25, -0.2) is 9.78 Å². The van der Waals surface area contributed by atoms with Gasteiger partial charge in [-0.05, 0) is 6.42 Å². The van der Waals surface area contributed by atoms with Crippen molar-refractivity contribution in [3.05, 3.63) is 27.2 Å². The highest BCUT2D eigenvalue weighted by Gasteiger charge is 2.13. The van der Waals surface area contributed by atoms with Gasteiger partial charge in [0.05, 0.1) is 6.33 Å². The van der Waals surface area contributed by atoms with Crippen LogP contribution in [-0.2, 0) is 6.54 Å². The Balaban J connectivity index is 2.57. The molecule has 0 atom stereocenters. The zero-order valence-corrected chi connectivity index (χ0v) is 10.2. The Morgan fingerprint density at radius 2 is 2.18 bits per heavy atom. The molecule has 0 spiro atoms. The van der Waals surface area contributed by atoms with Gasteiger partial charge in [-0.15, -0.1) is 0 Å². The van der Waals surface area contributed by atoms with E-state index in [9.17, 15) is 9.59 Å². The van der Waals surface area contributed by atoms with Crippen LogP contribution in [0.15, 0.2) is 15.9 Å². The van der Waals surface area contributed by atoms with Crippen molar-refractivity contribution >= 4 is 22.9 Å². The van der Waals surface area contributed by atoms with Gasteiger partial charge in [0.15, 0.2) is 11.2 Å². The van der Waals surface area contributed by atoms with Crippen molar-refractivity contribution in [2.24, 2.45) is 0 Å². The lowest BCUT2D eigenvalue weighted by molar-refractivity contribution is 0.584. The van der Waals surface area contributed by atoms with Crippen molar-refractivity contribution in [2.75, 3.05) is 0 Å². The van der Waals surface area contributed by atoms with Gasteiger partial charge in [0.1, 0.15) is 0 Å². The highest BCUT2D eigenvalue weighted by Crippen LogP contribution is 2.04. The minimum atomic E-state index is -0.559. The van der Waals surface area contributed by atoms with E-state index in [1.807, 2.05) is 0 Å². The maximum Gasteiger partial charge on any atom is 0.347 e. The van der Waals surface area contributed by atoms with Gasteiger partial charge in [-0.1, -0.05) is 19.8 Å². The summed E-state index contributed by atoms with van der Waals surface area (Å²) in [5.74, 6) is 0. The molecule has 0 bridgehead atoms. The molecule has 0 fully saturated rings. The van der Waals surface area contributed by atoms with E-state index in [-0.39, 0.29) is 5.52 Å². The summed E-state index contributed by atoms with van der Waals surface area (Å²) in [7, 11) is 0. The van der Waals surface area contributed by atoms with Gasteiger partial charge in [-0.3, -0.25) is 9.36 Å². The van der Waals surface area contributed by atoms with Gasteiger partial charge in [-0.2, -0.15) is 4.09 Å². The van der Waals surface area contributed by atoms with Crippen LogP contribution in [0.1, 0.15) is 26.2 Å². The summed E-state index contributed by atoms with van der Waals surface area (Å²) in [4.78, 5) is 30.2. The predicted molar refractivity (Wildman–Crippen MR) is 65.4 cm³/mol. The molecule has 0 amide bonds. The maximum absolute atomic E-state index is 11.8. The number of rotatable bonds is 4. The fourth-order valence-electron chi connectivity index (χ4n) is 1.75. The highest BCUT2D eigenvalue weighted by molar-refractivity contribution is 6.15. The third-order valence-electron chi connectivity index (χ3n) is 2.65. The second kappa shape index (κ2) is 4.75. The number of imidazole rings is 1. The van der Waals surface area contributed by atoms with E-state index >= 15 is 0 Å². The van der Waals surface area contributed by atoms with E-state index in [1.165, 1.54) is 10.9 Å². The molecular weight excluding hydrogens is 244 g/mol. The minimum Gasteiger partial charge on any atom is -0.339 e. The molecule has 0 unspecified atom stereocenters. The number of hydrogen-bond acceptors (Lipinski definition) is 3. The quantitative estimate of drug-likeness (QED) is 0.832. The molecule has 2 heterocycles. The molecule has 6 nitrogen and oxygen atoms in total. The summed E-state index contributed by atoms with van der Waals surface area (Å²) < 4.78 is 2.02. The van der Waals surface area contributed by atoms with Gasteiger partial charge >= 0.3 is 5.69 Å². The van der Waals surface area contributed by atoms with Crippen LogP contribution in [0.3, 0.4) is 0 Å². The number of fused-ring (bicyclic) bond motifs is 1. The molecule has 2 aromatic heterocycles. The van der Waals surface area contributed by atoms with Crippen molar-refractivity contribution in [2.45, 2.75) is 32.7 Å². The lowest BCUT2D eigenvalue weighted by Gasteiger charge is -2.06. The minimum absolute atomic E-state index is 0.260. The van der Waals surface area contributed by atoms with Gasteiger partial charge in [0.2, 0.25) is 0 Å². The van der Waals surface area contributed by atoms with Crippen LogP contribution < -0.4 is 11.2 Å². The number of H-pyrrole nitrogens is 1. The molecule has 92 valence electrons. The van der Waals surface area contributed by atoms with Gasteiger partial charge in [0.25, 0.3) is 5.56 Å². The Morgan fingerprint density at radius 3 is 2.88 bits per heavy atom. The van der Waals surface area contributed by atoms with Crippen LogP contribution in [0.4, 0.5) is 0 Å². The SMILES string of the molecule is CCCCCn1c(=O)n(Cl)c(=O)c2[nH]cnc21. The summed E-state index contributed by atoms with van der Waals surface area (Å²) in [5.41, 5.74) is -0.465. The Bertz CT molecular complexity index is 640. The van der Waals surface area contributed by atoms with Crippen molar-refractivity contribution < 1.29 is 0 Å². The number of aromatic amines is 1. The molecule has 2 rings (SSSR count). The van der Waals surface area contributed by atoms with Crippen molar-refractivity contribution in [3.63, 3.8) is 0 Å². The monoisotopic (exact) mass is 256 g/mol. The van der Waals surface area contributed by atoms with Crippen LogP contribution in [0.2, 0.25) is 0 Å². The molecule has 0 saturated heterocycles. The number of nitrogens with one attached hydrogen (secondary N) is 1. The molecule has 0 radical (unpaired) electrons. The number of halogens is 1. The van der Waals surface area contributed by atoms with E-state index < -0.39 is 11.2 Å². The Labute approximate surface area is 102 Å². The number of aryl methyl sites for hydroxylation is 1. The van der Waals surface area contributed by atoms with Crippen LogP contribution in [0.5, 0.6) is 0 Å². The first-order valence-electron chi connectivity index (χ1n) is 5.52. The zero-order valence-electron chi connectivity index (χ0n) is 9.44. The Hall–Kier alpha value is -1.56. The number of hydrogen-bond donors (Lipinski definition) is 1. The second-order valence-electron chi connectivity index (χ2n) is 3.83. The first-order valence-corrected chi connectivity index (χ1v) is 5.85. The fraction of sp³-hybridized carbons (Fsp3) is 0.500. The Morgan fingerprint density at radius 1 is 1.41 bits per heavy atom. The van der Waals surface area contributed by atoms with Gasteiger partial charge < -0.3 is 4.98 Å². The van der Waals surface area contributed by atoms with E-state index in [4.69, 9.17) is 11.8 Å². The standard InChI is InChI=1S/C10H13ClN4O2/c1-2-3-4-5-14-8-7(12-6-13-8)9(16)15(11)10(14)17/h6H,2-5H2,1H3,(H,12,13). The topological polar surface area (TPSA) is 72.7 Å². The number of unbranched alkanes of at least 4 members (excludes halogenated alkanes) is 2. The van der Waals surface area contributed by atoms with Crippen LogP contribution in [0.25, 0.3) is 11.2 Å². The average molecular weight is 257 g/mol. The predicted octanol–water partition coefficient (Wildman–Crippen LogP) is 1.08. The molecule has 0 aromatic carbocycles. The lowest BCUT2D eigenvalue weighted by Crippen LogP contribution is -2.35. The Kier molecular flexibility index (Phi) is 3.33. The fourth-order valence-corrected chi connectivity index (χ4v) is 1.93. The number of aromatic nitrogens is 4. The molecule has 0 aliphatic carbocycles. The second-order valence-corrected chi connectivity index (χ2v) is 4.17. The molecule has 0 aliphatic rings. The summed E-state index contributed by atoms with van der Waals surface area (Å²) in [6.45, 7) is 2.59. The molecule has 0 saturated carbocycles. The largest absolute Gasteiger partial charge is 0.347 e. The molecular formula is C10H13ClN4O2. The van der Waals surface area contributed by atoms with E-state index in [1.54, 1.807) is 0 Å². The molecule has 17 heavy (non-hydrogen) atoms. The van der Waals surface area contributed by atoms with Crippen molar-refractivity contribution in [1.29, 1.82) is 0 Å². The molecule has 0 aliphatic heterocycles. The smallest absolute Gasteiger partial charge is 0.339 e. The summed E-state index contributed by atoms with van der Waals surface area (Å²) in [6, 6.07) is 0. The number of nitrogens with zero attached hydrogens (tertiary/aromatic N) is 3. The molecule has 2 aromatic rings. The first kappa shape index (κ1) is 11.9. The van der Waals surface area contributed by atoms with Crippen LogP contribution in [-0.4, -0.2) is 18.6 Å². The van der Waals surface area contributed by atoms with Gasteiger partial charge in [0, 0.05) is 18.3 Å². The molecule has 7 heteroatoms. The summed E-state index contributed by atoms with van der Waals surface area (Å²) in [5, 5.41) is 0. The maximum atomic E-state index is 11.8. The van der Waals surface area contributed by atoms with E-state index in [0.29, 0.717) is 16.3 Å². The molecule has 1 N–H and O–H groups in total. The van der Waals surface area contributed by atoms with Crippen molar-refractivity contribution in [1.82, 2.24) is 18.6 Å². The third-order valence-corrected chi connectivity index (χ3v) is 2.95. The highest BCUT2D eigenvalue weighted by atomic mass is 35.5. The summed E-state index contributed by atoms with van der Waals surface area (Å²) in [6.07, 6.45) is 4.31. The normalized spacial score (nSPS) is 11.2. The van der Waals surface area contributed by atoms with E-state index in [0.717, 1.165) is 19.3 Å². The summed E-state index contributed by atoms with van der Waals surface area (Å²) >= 11 is 5.65. The first-order chi connectivity index (χ1) is 8.16. The average Bonchev–Trinajstić information content (AvgIpc) is 2.80. The van der Waals surface area contributed by atoms with Crippen molar-refractivity contribution in [3.8, 4) is 0 Å². The third kappa shape index (κ3) is 2.00. The van der Waals surface area contributed by atoms with Crippen LogP contribution >= 0.6 is 11.8 Å².